The first-order valence-electron chi connectivity index (χ1n) is 10.3. The molecule has 1 unspecified atom stereocenters. The van der Waals surface area contributed by atoms with Gasteiger partial charge >= 0.3 is 19.1 Å². The first-order valence-corrected chi connectivity index (χ1v) is 10.3. The molecule has 1 aromatic rings. The Morgan fingerprint density at radius 1 is 1.25 bits per heavy atom. The van der Waals surface area contributed by atoms with Crippen molar-refractivity contribution in [2.24, 2.45) is 11.8 Å². The van der Waals surface area contributed by atoms with Gasteiger partial charge in [-0.15, -0.1) is 0 Å². The van der Waals surface area contributed by atoms with Crippen LogP contribution in [0.2, 0.25) is 0 Å². The second-order valence-corrected chi connectivity index (χ2v) is 8.54. The fourth-order valence-corrected chi connectivity index (χ4v) is 2.96. The van der Waals surface area contributed by atoms with Gasteiger partial charge in [0.25, 0.3) is 5.92 Å². The lowest BCUT2D eigenvalue weighted by atomic mass is 9.72. The van der Waals surface area contributed by atoms with Crippen LogP contribution >= 0.6 is 0 Å². The number of alkyl halides is 2. The predicted molar refractivity (Wildman–Crippen MR) is 111 cm³/mol. The summed E-state index contributed by atoms with van der Waals surface area (Å²) in [6.45, 7) is 7.37. The van der Waals surface area contributed by atoms with Gasteiger partial charge in [-0.2, -0.15) is 0 Å². The third-order valence-corrected chi connectivity index (χ3v) is 4.63. The van der Waals surface area contributed by atoms with Gasteiger partial charge in [-0.25, -0.2) is 13.6 Å². The maximum atomic E-state index is 13.1. The molecule has 1 amide bonds. The largest absolute Gasteiger partial charge is 0.547 e. The summed E-state index contributed by atoms with van der Waals surface area (Å²) >= 11 is 0. The van der Waals surface area contributed by atoms with Crippen LogP contribution in [0.5, 0.6) is 5.75 Å². The van der Waals surface area contributed by atoms with Crippen LogP contribution in [-0.4, -0.2) is 48.1 Å². The molecule has 2 atom stereocenters. The van der Waals surface area contributed by atoms with Gasteiger partial charge in [0.1, 0.15) is 11.3 Å². The Hall–Kier alpha value is -2.69. The molecular formula is C21H28BF2NO7. The van der Waals surface area contributed by atoms with Crippen molar-refractivity contribution in [1.29, 1.82) is 0 Å². The summed E-state index contributed by atoms with van der Waals surface area (Å²) in [5.41, 5.74) is 0.469. The van der Waals surface area contributed by atoms with Crippen LogP contribution in [0.1, 0.15) is 57.0 Å². The number of halogens is 2. The number of hydrogen-bond acceptors (Lipinski definition) is 7. The first kappa shape index (κ1) is 25.6. The number of amides is 1. The summed E-state index contributed by atoms with van der Waals surface area (Å²) in [7, 11) is -1.56. The normalized spacial score (nSPS) is 16.8. The highest BCUT2D eigenvalue weighted by Crippen LogP contribution is 2.31. The summed E-state index contributed by atoms with van der Waals surface area (Å²) in [6.07, 6.45) is -2.10. The Labute approximate surface area is 185 Å². The molecule has 2 N–H and O–H groups in total. The van der Waals surface area contributed by atoms with Crippen molar-refractivity contribution in [1.82, 2.24) is 5.32 Å². The zero-order chi connectivity index (χ0) is 24.2. The summed E-state index contributed by atoms with van der Waals surface area (Å²) in [6, 6.07) is 4.59. The third-order valence-electron chi connectivity index (χ3n) is 4.63. The number of nitrogens with one attached hydrogen (secondary N) is 1. The van der Waals surface area contributed by atoms with E-state index in [1.54, 1.807) is 39.8 Å². The highest BCUT2D eigenvalue weighted by molar-refractivity contribution is 6.47. The molecule has 0 spiro atoms. The number of esters is 2. The zero-order valence-corrected chi connectivity index (χ0v) is 18.7. The van der Waals surface area contributed by atoms with Crippen molar-refractivity contribution in [3.05, 3.63) is 29.3 Å². The number of carbonyl (C=O) groups excluding carboxylic acids is 3. The van der Waals surface area contributed by atoms with E-state index in [1.807, 2.05) is 0 Å². The Balaban J connectivity index is 2.16. The standard InChI is InChI=1S/C21H28BF2NO7/c1-11(2)18(27)30-20(12(3)4)31-19(28)14-8-6-7-13-9-15(22(29)32-17(13)14)25-16(26)10-21(5,23)24/h6-8,11-12,15,20,29H,9-10H2,1-5H3,(H,25,26)/t15-,20?/m0/s1. The zero-order valence-electron chi connectivity index (χ0n) is 18.7. The fraction of sp³-hybridized carbons (Fsp3) is 0.571. The van der Waals surface area contributed by atoms with E-state index in [0.29, 0.717) is 12.5 Å². The number of rotatable bonds is 8. The van der Waals surface area contributed by atoms with E-state index in [2.05, 4.69) is 5.32 Å². The molecule has 1 aromatic carbocycles. The van der Waals surface area contributed by atoms with Crippen LogP contribution in [-0.2, 0) is 25.5 Å². The number of para-hydroxylation sites is 1. The Kier molecular flexibility index (Phi) is 8.22. The molecule has 2 rings (SSSR count). The SMILES string of the molecule is CC(C)C(=O)OC(OC(=O)c1cccc2c1OB(O)[C@@H](NC(=O)CC(C)(F)F)C2)C(C)C. The lowest BCUT2D eigenvalue weighted by Crippen LogP contribution is -2.53. The quantitative estimate of drug-likeness (QED) is 0.352. The van der Waals surface area contributed by atoms with Gasteiger partial charge in [0.05, 0.1) is 18.3 Å². The minimum absolute atomic E-state index is 0.00216. The molecule has 0 bridgehead atoms. The molecule has 1 heterocycles. The van der Waals surface area contributed by atoms with Gasteiger partial charge in [0.2, 0.25) is 12.2 Å². The molecule has 11 heteroatoms. The van der Waals surface area contributed by atoms with Gasteiger partial charge in [-0.05, 0) is 25.0 Å². The van der Waals surface area contributed by atoms with Crippen molar-refractivity contribution in [2.45, 2.75) is 65.6 Å². The van der Waals surface area contributed by atoms with E-state index in [0.717, 1.165) is 0 Å². The van der Waals surface area contributed by atoms with Crippen LogP contribution in [0.25, 0.3) is 0 Å². The van der Waals surface area contributed by atoms with Gasteiger partial charge in [-0.3, -0.25) is 9.59 Å². The van der Waals surface area contributed by atoms with E-state index >= 15 is 0 Å². The van der Waals surface area contributed by atoms with E-state index in [1.165, 1.54) is 6.07 Å². The lowest BCUT2D eigenvalue weighted by Gasteiger charge is -2.30. The predicted octanol–water partition coefficient (Wildman–Crippen LogP) is 2.51. The Morgan fingerprint density at radius 3 is 2.47 bits per heavy atom. The third kappa shape index (κ3) is 6.91. The lowest BCUT2D eigenvalue weighted by molar-refractivity contribution is -0.179. The smallest absolute Gasteiger partial charge is 0.534 e. The van der Waals surface area contributed by atoms with Gasteiger partial charge in [0.15, 0.2) is 0 Å². The van der Waals surface area contributed by atoms with Crippen molar-refractivity contribution in [3.63, 3.8) is 0 Å². The van der Waals surface area contributed by atoms with Gasteiger partial charge in [-0.1, -0.05) is 39.8 Å². The molecule has 8 nitrogen and oxygen atoms in total. The van der Waals surface area contributed by atoms with E-state index in [4.69, 9.17) is 14.1 Å². The summed E-state index contributed by atoms with van der Waals surface area (Å²) < 4.78 is 42.2. The van der Waals surface area contributed by atoms with Crippen molar-refractivity contribution >= 4 is 25.0 Å². The van der Waals surface area contributed by atoms with E-state index < -0.39 is 55.5 Å². The average Bonchev–Trinajstić information content (AvgIpc) is 2.65. The summed E-state index contributed by atoms with van der Waals surface area (Å²) in [5.74, 6) is -7.11. The fourth-order valence-electron chi connectivity index (χ4n) is 2.96. The number of carbonyl (C=O) groups is 3. The summed E-state index contributed by atoms with van der Waals surface area (Å²) in [5, 5.41) is 12.6. The average molecular weight is 455 g/mol. The molecule has 32 heavy (non-hydrogen) atoms. The molecule has 0 saturated heterocycles. The monoisotopic (exact) mass is 455 g/mol. The molecular weight excluding hydrogens is 427 g/mol. The number of benzene rings is 1. The second-order valence-electron chi connectivity index (χ2n) is 8.54. The molecule has 1 aliphatic heterocycles. The maximum Gasteiger partial charge on any atom is 0.547 e. The molecule has 0 aromatic heterocycles. The highest BCUT2D eigenvalue weighted by atomic mass is 19.3. The Bertz CT molecular complexity index is 857. The van der Waals surface area contributed by atoms with Crippen LogP contribution < -0.4 is 9.97 Å². The minimum Gasteiger partial charge on any atom is -0.534 e. The van der Waals surface area contributed by atoms with Gasteiger partial charge in [0, 0.05) is 5.92 Å². The highest BCUT2D eigenvalue weighted by Gasteiger charge is 2.39. The molecule has 0 aliphatic carbocycles. The van der Waals surface area contributed by atoms with Crippen molar-refractivity contribution in [3.8, 4) is 5.75 Å². The van der Waals surface area contributed by atoms with Crippen LogP contribution in [0.4, 0.5) is 8.78 Å². The summed E-state index contributed by atoms with van der Waals surface area (Å²) in [4.78, 5) is 36.5. The van der Waals surface area contributed by atoms with Crippen LogP contribution in [0.15, 0.2) is 18.2 Å². The molecule has 0 saturated carbocycles. The van der Waals surface area contributed by atoms with Crippen LogP contribution in [0.3, 0.4) is 0 Å². The molecule has 0 radical (unpaired) electrons. The maximum absolute atomic E-state index is 13.1. The number of hydrogen-bond donors (Lipinski definition) is 2. The van der Waals surface area contributed by atoms with Crippen molar-refractivity contribution < 1.29 is 42.3 Å². The number of ether oxygens (including phenoxy) is 2. The van der Waals surface area contributed by atoms with Gasteiger partial charge < -0.3 is 24.5 Å². The van der Waals surface area contributed by atoms with E-state index in [9.17, 15) is 28.2 Å². The Morgan fingerprint density at radius 2 is 1.91 bits per heavy atom. The topological polar surface area (TPSA) is 111 Å². The molecule has 0 fully saturated rings. The van der Waals surface area contributed by atoms with Crippen molar-refractivity contribution in [2.75, 3.05) is 0 Å². The van der Waals surface area contributed by atoms with Crippen LogP contribution in [0, 0.1) is 11.8 Å². The molecule has 176 valence electrons. The second kappa shape index (κ2) is 10.3. The minimum atomic E-state index is -3.19. The number of fused-ring (bicyclic) bond motifs is 1. The van der Waals surface area contributed by atoms with E-state index in [-0.39, 0.29) is 23.7 Å². The molecule has 1 aliphatic rings. The first-order chi connectivity index (χ1) is 14.8.